The number of nitrogens with zero attached hydrogens (tertiary/aromatic N) is 2. The second-order valence-electron chi connectivity index (χ2n) is 6.45. The van der Waals surface area contributed by atoms with Crippen LogP contribution >= 0.6 is 0 Å². The summed E-state index contributed by atoms with van der Waals surface area (Å²) in [5, 5.41) is 3.37. The van der Waals surface area contributed by atoms with Crippen molar-refractivity contribution in [1.82, 2.24) is 10.2 Å². The van der Waals surface area contributed by atoms with Gasteiger partial charge in [0.05, 0.1) is 13.2 Å². The lowest BCUT2D eigenvalue weighted by atomic mass is 10.1. The van der Waals surface area contributed by atoms with Crippen LogP contribution in [0.25, 0.3) is 0 Å². The van der Waals surface area contributed by atoms with Gasteiger partial charge in [0.15, 0.2) is 5.96 Å². The van der Waals surface area contributed by atoms with Crippen molar-refractivity contribution >= 4 is 5.96 Å². The summed E-state index contributed by atoms with van der Waals surface area (Å²) in [5.41, 5.74) is 0. The Kier molecular flexibility index (Phi) is 12.5. The maximum absolute atomic E-state index is 5.73. The highest BCUT2D eigenvalue weighted by Gasteiger charge is 2.15. The predicted octanol–water partition coefficient (Wildman–Crippen LogP) is 3.07. The fourth-order valence-corrected chi connectivity index (χ4v) is 2.71. The molecule has 0 radical (unpaired) electrons. The van der Waals surface area contributed by atoms with E-state index in [0.29, 0.717) is 5.92 Å². The zero-order chi connectivity index (χ0) is 17.5. The number of nitrogens with one attached hydrogen (secondary N) is 1. The quantitative estimate of drug-likeness (QED) is 0.242. The van der Waals surface area contributed by atoms with Crippen LogP contribution in [0.3, 0.4) is 0 Å². The van der Waals surface area contributed by atoms with E-state index >= 15 is 0 Å². The summed E-state index contributed by atoms with van der Waals surface area (Å²) in [4.78, 5) is 6.94. The molecule has 5 heteroatoms. The molecule has 0 saturated carbocycles. The third-order valence-electron chi connectivity index (χ3n) is 4.18. The SMILES string of the molecule is C=CCCCCCN(C)C(=NCCCOCC1CCOC1)NCC. The number of unbranched alkanes of at least 4 members (excludes halogenated alkanes) is 3. The van der Waals surface area contributed by atoms with Crippen LogP contribution < -0.4 is 5.32 Å². The summed E-state index contributed by atoms with van der Waals surface area (Å²) in [6.07, 6.45) is 8.89. The van der Waals surface area contributed by atoms with E-state index in [9.17, 15) is 0 Å². The molecule has 1 aliphatic rings. The molecular formula is C19H37N3O2. The van der Waals surface area contributed by atoms with Crippen LogP contribution in [0.2, 0.25) is 0 Å². The molecule has 0 aromatic heterocycles. The number of hydrogen-bond acceptors (Lipinski definition) is 3. The Morgan fingerprint density at radius 3 is 2.96 bits per heavy atom. The zero-order valence-corrected chi connectivity index (χ0v) is 15.8. The highest BCUT2D eigenvalue weighted by atomic mass is 16.5. The molecule has 24 heavy (non-hydrogen) atoms. The Balaban J connectivity index is 2.13. The van der Waals surface area contributed by atoms with Crippen LogP contribution in [-0.4, -0.2) is 64.0 Å². The molecule has 1 N–H and O–H groups in total. The van der Waals surface area contributed by atoms with Gasteiger partial charge in [-0.15, -0.1) is 6.58 Å². The lowest BCUT2D eigenvalue weighted by molar-refractivity contribution is 0.0893. The topological polar surface area (TPSA) is 46.1 Å². The van der Waals surface area contributed by atoms with Gasteiger partial charge in [0.25, 0.3) is 0 Å². The second kappa shape index (κ2) is 14.3. The van der Waals surface area contributed by atoms with Gasteiger partial charge >= 0.3 is 0 Å². The second-order valence-corrected chi connectivity index (χ2v) is 6.45. The Labute approximate surface area is 148 Å². The number of ether oxygens (including phenoxy) is 2. The van der Waals surface area contributed by atoms with Crippen molar-refractivity contribution in [1.29, 1.82) is 0 Å². The van der Waals surface area contributed by atoms with E-state index < -0.39 is 0 Å². The molecule has 1 saturated heterocycles. The molecule has 0 aromatic carbocycles. The van der Waals surface area contributed by atoms with Gasteiger partial charge in [-0.25, -0.2) is 0 Å². The molecule has 1 rings (SSSR count). The van der Waals surface area contributed by atoms with Crippen molar-refractivity contribution < 1.29 is 9.47 Å². The first kappa shape index (κ1) is 21.0. The molecular weight excluding hydrogens is 302 g/mol. The number of aliphatic imine (C=N–C) groups is 1. The van der Waals surface area contributed by atoms with Crippen LogP contribution in [0.5, 0.6) is 0 Å². The fraction of sp³-hybridized carbons (Fsp3) is 0.842. The highest BCUT2D eigenvalue weighted by molar-refractivity contribution is 5.79. The fourth-order valence-electron chi connectivity index (χ4n) is 2.71. The summed E-state index contributed by atoms with van der Waals surface area (Å²) in [6, 6.07) is 0. The largest absolute Gasteiger partial charge is 0.381 e. The summed E-state index contributed by atoms with van der Waals surface area (Å²) in [5.74, 6) is 1.60. The number of guanidine groups is 1. The monoisotopic (exact) mass is 339 g/mol. The van der Waals surface area contributed by atoms with Crippen LogP contribution in [0.15, 0.2) is 17.6 Å². The molecule has 0 aromatic rings. The first-order valence-corrected chi connectivity index (χ1v) is 9.53. The minimum atomic E-state index is 0.595. The summed E-state index contributed by atoms with van der Waals surface area (Å²) < 4.78 is 11.1. The maximum Gasteiger partial charge on any atom is 0.193 e. The lowest BCUT2D eigenvalue weighted by Crippen LogP contribution is -2.39. The summed E-state index contributed by atoms with van der Waals surface area (Å²) >= 11 is 0. The van der Waals surface area contributed by atoms with Crippen molar-refractivity contribution in [2.75, 3.05) is 53.1 Å². The first-order chi connectivity index (χ1) is 11.8. The summed E-state index contributed by atoms with van der Waals surface area (Å²) in [7, 11) is 2.12. The molecule has 5 nitrogen and oxygen atoms in total. The van der Waals surface area contributed by atoms with Gasteiger partial charge in [0.1, 0.15) is 0 Å². The molecule has 1 fully saturated rings. The van der Waals surface area contributed by atoms with Crippen molar-refractivity contribution in [3.8, 4) is 0 Å². The molecule has 1 aliphatic heterocycles. The lowest BCUT2D eigenvalue weighted by Gasteiger charge is -2.22. The van der Waals surface area contributed by atoms with Gasteiger partial charge in [-0.3, -0.25) is 4.99 Å². The van der Waals surface area contributed by atoms with Crippen LogP contribution in [0, 0.1) is 5.92 Å². The minimum Gasteiger partial charge on any atom is -0.381 e. The van der Waals surface area contributed by atoms with E-state index in [2.05, 4.69) is 30.8 Å². The van der Waals surface area contributed by atoms with E-state index in [-0.39, 0.29) is 0 Å². The van der Waals surface area contributed by atoms with E-state index in [0.717, 1.165) is 71.3 Å². The highest BCUT2D eigenvalue weighted by Crippen LogP contribution is 2.12. The van der Waals surface area contributed by atoms with Crippen molar-refractivity contribution in [2.24, 2.45) is 10.9 Å². The van der Waals surface area contributed by atoms with Crippen LogP contribution in [0.1, 0.15) is 45.4 Å². The van der Waals surface area contributed by atoms with Gasteiger partial charge in [-0.2, -0.15) is 0 Å². The molecule has 0 aliphatic carbocycles. The van der Waals surface area contributed by atoms with Crippen molar-refractivity contribution in [2.45, 2.75) is 45.4 Å². The summed E-state index contributed by atoms with van der Waals surface area (Å²) in [6.45, 7) is 12.0. The molecule has 140 valence electrons. The predicted molar refractivity (Wildman–Crippen MR) is 102 cm³/mol. The smallest absolute Gasteiger partial charge is 0.193 e. The number of allylic oxidation sites excluding steroid dienone is 1. The van der Waals surface area contributed by atoms with E-state index in [1.54, 1.807) is 0 Å². The van der Waals surface area contributed by atoms with Gasteiger partial charge in [-0.05, 0) is 39.0 Å². The van der Waals surface area contributed by atoms with Crippen molar-refractivity contribution in [3.63, 3.8) is 0 Å². The zero-order valence-electron chi connectivity index (χ0n) is 15.8. The Morgan fingerprint density at radius 2 is 2.25 bits per heavy atom. The third kappa shape index (κ3) is 9.93. The average Bonchev–Trinajstić information content (AvgIpc) is 3.10. The third-order valence-corrected chi connectivity index (χ3v) is 4.18. The normalized spacial score (nSPS) is 17.9. The van der Waals surface area contributed by atoms with Gasteiger partial charge in [0, 0.05) is 45.8 Å². The van der Waals surface area contributed by atoms with E-state index in [1.807, 2.05) is 6.08 Å². The van der Waals surface area contributed by atoms with Crippen molar-refractivity contribution in [3.05, 3.63) is 12.7 Å². The van der Waals surface area contributed by atoms with Gasteiger partial charge in [-0.1, -0.05) is 12.5 Å². The molecule has 1 heterocycles. The molecule has 0 spiro atoms. The number of rotatable bonds is 13. The molecule has 1 atom stereocenters. The minimum absolute atomic E-state index is 0.595. The average molecular weight is 340 g/mol. The molecule has 0 amide bonds. The van der Waals surface area contributed by atoms with Gasteiger partial charge in [0.2, 0.25) is 0 Å². The van der Waals surface area contributed by atoms with Crippen LogP contribution in [-0.2, 0) is 9.47 Å². The standard InChI is InChI=1S/C19H37N3O2/c1-4-6-7-8-9-13-22(3)19(20-5-2)21-12-10-14-23-16-18-11-15-24-17-18/h4,18H,1,5-17H2,2-3H3,(H,20,21). The molecule has 1 unspecified atom stereocenters. The Morgan fingerprint density at radius 1 is 1.38 bits per heavy atom. The first-order valence-electron chi connectivity index (χ1n) is 9.53. The number of hydrogen-bond donors (Lipinski definition) is 1. The van der Waals surface area contributed by atoms with Crippen LogP contribution in [0.4, 0.5) is 0 Å². The molecule has 0 bridgehead atoms. The van der Waals surface area contributed by atoms with E-state index in [1.165, 1.54) is 19.3 Å². The van der Waals surface area contributed by atoms with E-state index in [4.69, 9.17) is 14.5 Å². The maximum atomic E-state index is 5.73. The Bertz CT molecular complexity index is 342. The van der Waals surface area contributed by atoms with Gasteiger partial charge < -0.3 is 19.7 Å². The Hall–Kier alpha value is -1.07.